The molecular formula is C24H26N6O4S. The Hall–Kier alpha value is -3.57. The van der Waals surface area contributed by atoms with Crippen LogP contribution in [0.25, 0.3) is 5.65 Å². The van der Waals surface area contributed by atoms with Crippen molar-refractivity contribution >= 4 is 33.9 Å². The zero-order valence-corrected chi connectivity index (χ0v) is 20.4. The molecule has 5 rings (SSSR count). The van der Waals surface area contributed by atoms with Crippen molar-refractivity contribution in [3.8, 4) is 0 Å². The van der Waals surface area contributed by atoms with Crippen LogP contribution in [0, 0.1) is 13.8 Å². The lowest BCUT2D eigenvalue weighted by molar-refractivity contribution is -0.118. The van der Waals surface area contributed by atoms with Crippen LogP contribution in [0.4, 0.5) is 5.13 Å². The van der Waals surface area contributed by atoms with Crippen LogP contribution < -0.4 is 10.2 Å². The number of carbonyl (C=O) groups excluding carboxylic acids is 2. The molecule has 182 valence electrons. The van der Waals surface area contributed by atoms with Crippen LogP contribution in [0.5, 0.6) is 0 Å². The van der Waals surface area contributed by atoms with E-state index in [1.54, 1.807) is 18.0 Å². The van der Waals surface area contributed by atoms with Crippen molar-refractivity contribution in [2.75, 3.05) is 18.1 Å². The molecule has 0 aliphatic carbocycles. The van der Waals surface area contributed by atoms with Gasteiger partial charge in [0.25, 0.3) is 5.91 Å². The third-order valence-corrected chi connectivity index (χ3v) is 7.09. The van der Waals surface area contributed by atoms with E-state index in [1.165, 1.54) is 17.5 Å². The number of hydrogen-bond acceptors (Lipinski definition) is 8. The van der Waals surface area contributed by atoms with E-state index in [0.29, 0.717) is 41.2 Å². The Balaban J connectivity index is 1.29. The summed E-state index contributed by atoms with van der Waals surface area (Å²) in [7, 11) is 0. The van der Waals surface area contributed by atoms with Crippen molar-refractivity contribution < 1.29 is 18.8 Å². The standard InChI is InChI=1S/C24H26N6O4S/c1-15-19(16(2)34-28-15)10-22(31)30(14-18-4-3-9-33-18)24-27-12-20(35-24)23(32)26-11-17-5-6-21-25-7-8-29(21)13-17/h5-8,12-13,18H,3-4,9-11,14H2,1-2H3,(H,26,32). The van der Waals surface area contributed by atoms with Gasteiger partial charge in [0.15, 0.2) is 5.13 Å². The van der Waals surface area contributed by atoms with Gasteiger partial charge in [-0.2, -0.15) is 0 Å². The molecule has 1 aliphatic rings. The van der Waals surface area contributed by atoms with Crippen LogP contribution in [0.1, 0.15) is 45.1 Å². The van der Waals surface area contributed by atoms with Crippen molar-refractivity contribution in [2.24, 2.45) is 0 Å². The van der Waals surface area contributed by atoms with Crippen LogP contribution >= 0.6 is 11.3 Å². The number of pyridine rings is 1. The van der Waals surface area contributed by atoms with Gasteiger partial charge in [0, 0.05) is 37.3 Å². The summed E-state index contributed by atoms with van der Waals surface area (Å²) in [6.45, 7) is 5.06. The van der Waals surface area contributed by atoms with E-state index in [2.05, 4.69) is 20.4 Å². The Kier molecular flexibility index (Phi) is 6.60. The summed E-state index contributed by atoms with van der Waals surface area (Å²) < 4.78 is 12.9. The topological polar surface area (TPSA) is 115 Å². The lowest BCUT2D eigenvalue weighted by Crippen LogP contribution is -2.38. The van der Waals surface area contributed by atoms with Crippen LogP contribution in [-0.2, 0) is 22.5 Å². The van der Waals surface area contributed by atoms with Gasteiger partial charge in [0.1, 0.15) is 16.3 Å². The summed E-state index contributed by atoms with van der Waals surface area (Å²) in [5.74, 6) is 0.251. The second-order valence-electron chi connectivity index (χ2n) is 8.54. The van der Waals surface area contributed by atoms with Gasteiger partial charge in [0.05, 0.1) is 31.0 Å². The molecule has 0 bridgehead atoms. The second kappa shape index (κ2) is 9.96. The van der Waals surface area contributed by atoms with Gasteiger partial charge in [-0.25, -0.2) is 9.97 Å². The molecule has 0 saturated carbocycles. The molecular weight excluding hydrogens is 468 g/mol. The lowest BCUT2D eigenvalue weighted by atomic mass is 10.1. The zero-order valence-electron chi connectivity index (χ0n) is 19.6. The average molecular weight is 495 g/mol. The Morgan fingerprint density at radius 2 is 2.17 bits per heavy atom. The molecule has 1 atom stereocenters. The molecule has 1 unspecified atom stereocenters. The van der Waals surface area contributed by atoms with Gasteiger partial charge in [-0.15, -0.1) is 0 Å². The molecule has 2 amide bonds. The molecule has 0 aromatic carbocycles. The first-order chi connectivity index (χ1) is 17.0. The van der Waals surface area contributed by atoms with Gasteiger partial charge in [-0.05, 0) is 38.3 Å². The number of aryl methyl sites for hydroxylation is 2. The number of fused-ring (bicyclic) bond motifs is 1. The predicted octanol–water partition coefficient (Wildman–Crippen LogP) is 3.08. The van der Waals surface area contributed by atoms with Crippen molar-refractivity contribution in [1.82, 2.24) is 24.8 Å². The monoisotopic (exact) mass is 494 g/mol. The minimum atomic E-state index is -0.241. The largest absolute Gasteiger partial charge is 0.376 e. The SMILES string of the molecule is Cc1noc(C)c1CC(=O)N(CC1CCCO1)c1ncc(C(=O)NCc2ccc3nccn3c2)s1. The highest BCUT2D eigenvalue weighted by atomic mass is 32.1. The van der Waals surface area contributed by atoms with Crippen LogP contribution in [0.15, 0.2) is 41.4 Å². The fourth-order valence-electron chi connectivity index (χ4n) is 4.11. The summed E-state index contributed by atoms with van der Waals surface area (Å²) >= 11 is 1.19. The first-order valence-corrected chi connectivity index (χ1v) is 12.3. The Morgan fingerprint density at radius 1 is 1.29 bits per heavy atom. The van der Waals surface area contributed by atoms with Crippen molar-refractivity contribution in [2.45, 2.75) is 45.8 Å². The highest BCUT2D eigenvalue weighted by Crippen LogP contribution is 2.26. The van der Waals surface area contributed by atoms with Crippen molar-refractivity contribution in [3.63, 3.8) is 0 Å². The number of nitrogens with one attached hydrogen (secondary N) is 1. The van der Waals surface area contributed by atoms with Crippen LogP contribution in [0.3, 0.4) is 0 Å². The summed E-state index contributed by atoms with van der Waals surface area (Å²) in [5.41, 5.74) is 3.26. The Bertz CT molecular complexity index is 1330. The third kappa shape index (κ3) is 5.10. The number of aromatic nitrogens is 4. The van der Waals surface area contributed by atoms with E-state index in [1.807, 2.05) is 35.9 Å². The Morgan fingerprint density at radius 3 is 2.94 bits per heavy atom. The molecule has 4 aromatic rings. The van der Waals surface area contributed by atoms with E-state index in [0.717, 1.165) is 29.6 Å². The quantitative estimate of drug-likeness (QED) is 0.400. The fourth-order valence-corrected chi connectivity index (χ4v) is 4.97. The number of carbonyl (C=O) groups is 2. The number of amides is 2. The summed E-state index contributed by atoms with van der Waals surface area (Å²) in [6, 6.07) is 3.83. The van der Waals surface area contributed by atoms with E-state index in [-0.39, 0.29) is 24.3 Å². The number of hydrogen-bond donors (Lipinski definition) is 1. The average Bonchev–Trinajstić information content (AvgIpc) is 3.66. The van der Waals surface area contributed by atoms with E-state index in [4.69, 9.17) is 9.26 Å². The maximum absolute atomic E-state index is 13.3. The summed E-state index contributed by atoms with van der Waals surface area (Å²) in [6.07, 6.45) is 8.97. The van der Waals surface area contributed by atoms with Crippen LogP contribution in [0.2, 0.25) is 0 Å². The first kappa shape index (κ1) is 23.2. The first-order valence-electron chi connectivity index (χ1n) is 11.5. The van der Waals surface area contributed by atoms with E-state index >= 15 is 0 Å². The minimum absolute atomic E-state index is 0.0529. The smallest absolute Gasteiger partial charge is 0.263 e. The van der Waals surface area contributed by atoms with Crippen molar-refractivity contribution in [3.05, 3.63) is 64.4 Å². The maximum Gasteiger partial charge on any atom is 0.263 e. The molecule has 1 saturated heterocycles. The fraction of sp³-hybridized carbons (Fsp3) is 0.375. The van der Waals surface area contributed by atoms with Crippen LogP contribution in [-0.4, -0.2) is 50.6 Å². The van der Waals surface area contributed by atoms with E-state index < -0.39 is 0 Å². The third-order valence-electron chi connectivity index (χ3n) is 6.07. The normalized spacial score (nSPS) is 15.5. The number of rotatable bonds is 8. The zero-order chi connectivity index (χ0) is 24.4. The number of thiazole rings is 1. The maximum atomic E-state index is 13.3. The Labute approximate surface area is 205 Å². The number of imidazole rings is 1. The van der Waals surface area contributed by atoms with Crippen molar-refractivity contribution in [1.29, 1.82) is 0 Å². The lowest BCUT2D eigenvalue weighted by Gasteiger charge is -2.23. The van der Waals surface area contributed by atoms with Gasteiger partial charge in [0.2, 0.25) is 5.91 Å². The van der Waals surface area contributed by atoms with Gasteiger partial charge < -0.3 is 19.0 Å². The molecule has 0 radical (unpaired) electrons. The number of anilines is 1. The van der Waals surface area contributed by atoms with Gasteiger partial charge in [-0.3, -0.25) is 14.5 Å². The molecule has 1 aliphatic heterocycles. The molecule has 10 nitrogen and oxygen atoms in total. The highest BCUT2D eigenvalue weighted by Gasteiger charge is 2.28. The summed E-state index contributed by atoms with van der Waals surface area (Å²) in [5, 5.41) is 7.35. The van der Waals surface area contributed by atoms with Gasteiger partial charge in [-0.1, -0.05) is 22.6 Å². The second-order valence-corrected chi connectivity index (χ2v) is 9.55. The molecule has 1 fully saturated rings. The van der Waals surface area contributed by atoms with Gasteiger partial charge >= 0.3 is 0 Å². The predicted molar refractivity (Wildman–Crippen MR) is 129 cm³/mol. The highest BCUT2D eigenvalue weighted by molar-refractivity contribution is 7.17. The molecule has 11 heteroatoms. The number of nitrogens with zero attached hydrogens (tertiary/aromatic N) is 5. The molecule has 5 heterocycles. The molecule has 4 aromatic heterocycles. The van der Waals surface area contributed by atoms with E-state index in [9.17, 15) is 9.59 Å². The summed E-state index contributed by atoms with van der Waals surface area (Å²) in [4.78, 5) is 36.9. The molecule has 0 spiro atoms. The number of ether oxygens (including phenoxy) is 1. The minimum Gasteiger partial charge on any atom is -0.376 e. The molecule has 35 heavy (non-hydrogen) atoms. The molecule has 1 N–H and O–H groups in total.